The molecule has 0 saturated carbocycles. The Morgan fingerprint density at radius 3 is 2.62 bits per heavy atom. The van der Waals surface area contributed by atoms with Crippen LogP contribution in [0.2, 0.25) is 0 Å². The van der Waals surface area contributed by atoms with Crippen LogP contribution in [0.25, 0.3) is 0 Å². The Labute approximate surface area is 141 Å². The van der Waals surface area contributed by atoms with Gasteiger partial charge in [0.05, 0.1) is 17.0 Å². The Hall–Kier alpha value is -2.14. The van der Waals surface area contributed by atoms with Gasteiger partial charge in [0.2, 0.25) is 5.91 Å². The fraction of sp³-hybridized carbons (Fsp3) is 0.562. The Morgan fingerprint density at radius 1 is 1.42 bits per heavy atom. The van der Waals surface area contributed by atoms with Gasteiger partial charge in [0.1, 0.15) is 11.6 Å². The number of hydrogen-bond acceptors (Lipinski definition) is 5. The Morgan fingerprint density at radius 2 is 2.08 bits per heavy atom. The van der Waals surface area contributed by atoms with Crippen molar-refractivity contribution in [3.63, 3.8) is 0 Å². The van der Waals surface area contributed by atoms with Gasteiger partial charge >= 0.3 is 0 Å². The van der Waals surface area contributed by atoms with Gasteiger partial charge in [-0.05, 0) is 44.7 Å². The monoisotopic (exact) mass is 351 g/mol. The maximum absolute atomic E-state index is 12.2. The molecule has 1 atom stereocenters. The van der Waals surface area contributed by atoms with Crippen molar-refractivity contribution in [2.24, 2.45) is 0 Å². The van der Waals surface area contributed by atoms with Crippen molar-refractivity contribution in [1.82, 2.24) is 10.3 Å². The highest BCUT2D eigenvalue weighted by Gasteiger charge is 2.39. The first kappa shape index (κ1) is 18.2. The molecule has 130 valence electrons. The number of aromatic nitrogens is 1. The summed E-state index contributed by atoms with van der Waals surface area (Å²) in [6, 6.07) is 1.88. The van der Waals surface area contributed by atoms with Gasteiger partial charge < -0.3 is 10.3 Å². The molecule has 8 heteroatoms. The van der Waals surface area contributed by atoms with E-state index in [1.54, 1.807) is 20.8 Å². The molecule has 1 amide bonds. The van der Waals surface area contributed by atoms with Crippen LogP contribution in [0.5, 0.6) is 0 Å². The fourth-order valence-electron chi connectivity index (χ4n) is 3.17. The summed E-state index contributed by atoms with van der Waals surface area (Å²) in [5, 5.41) is 11.9. The zero-order valence-corrected chi connectivity index (χ0v) is 14.8. The van der Waals surface area contributed by atoms with Crippen LogP contribution in [-0.2, 0) is 21.1 Å². The number of carbonyl (C=O) groups is 1. The second-order valence-electron chi connectivity index (χ2n) is 6.62. The molecule has 7 nitrogen and oxygen atoms in total. The molecule has 0 aromatic carbocycles. The van der Waals surface area contributed by atoms with Crippen molar-refractivity contribution >= 4 is 15.7 Å². The molecular weight excluding hydrogens is 330 g/mol. The van der Waals surface area contributed by atoms with Gasteiger partial charge in [-0.2, -0.15) is 5.26 Å². The van der Waals surface area contributed by atoms with Gasteiger partial charge in [-0.3, -0.25) is 9.59 Å². The standard InChI is InChI=1S/C16H21N3O4S/c1-10-12(11(2)18-15(21)13(10)8-17)4-5-14(20)19-16(3)6-7-24(22,23)9-16/h4-7,9H2,1-3H3,(H,18,21)(H,19,20)/t16-/m0/s1. The lowest BCUT2D eigenvalue weighted by Gasteiger charge is -2.24. The highest BCUT2D eigenvalue weighted by Crippen LogP contribution is 2.23. The lowest BCUT2D eigenvalue weighted by atomic mass is 9.98. The highest BCUT2D eigenvalue weighted by atomic mass is 32.2. The predicted octanol–water partition coefficient (Wildman–Crippen LogP) is 0.489. The number of nitrogens with one attached hydrogen (secondary N) is 2. The Bertz CT molecular complexity index is 880. The van der Waals surface area contributed by atoms with Crippen LogP contribution < -0.4 is 10.9 Å². The molecular formula is C16H21N3O4S. The molecule has 0 aliphatic carbocycles. The molecule has 0 radical (unpaired) electrons. The van der Waals surface area contributed by atoms with Gasteiger partial charge in [-0.15, -0.1) is 0 Å². The highest BCUT2D eigenvalue weighted by molar-refractivity contribution is 7.91. The summed E-state index contributed by atoms with van der Waals surface area (Å²) < 4.78 is 23.2. The average molecular weight is 351 g/mol. The average Bonchev–Trinajstić information content (AvgIpc) is 2.72. The van der Waals surface area contributed by atoms with Gasteiger partial charge in [-0.1, -0.05) is 0 Å². The summed E-state index contributed by atoms with van der Waals surface area (Å²) in [6.45, 7) is 5.16. The number of pyridine rings is 1. The molecule has 0 spiro atoms. The van der Waals surface area contributed by atoms with Crippen LogP contribution in [0.15, 0.2) is 4.79 Å². The molecule has 0 bridgehead atoms. The van der Waals surface area contributed by atoms with Crippen molar-refractivity contribution in [1.29, 1.82) is 5.26 Å². The number of nitrogens with zero attached hydrogens (tertiary/aromatic N) is 1. The van der Waals surface area contributed by atoms with Crippen molar-refractivity contribution in [2.75, 3.05) is 11.5 Å². The van der Waals surface area contributed by atoms with E-state index in [9.17, 15) is 18.0 Å². The van der Waals surface area contributed by atoms with E-state index in [0.29, 0.717) is 24.1 Å². The number of aromatic amines is 1. The number of aryl methyl sites for hydroxylation is 1. The number of nitriles is 1. The van der Waals surface area contributed by atoms with E-state index in [0.717, 1.165) is 5.56 Å². The summed E-state index contributed by atoms with van der Waals surface area (Å²) in [7, 11) is -3.08. The van der Waals surface area contributed by atoms with Gasteiger partial charge in [0.25, 0.3) is 5.56 Å². The third kappa shape index (κ3) is 3.85. The van der Waals surface area contributed by atoms with Gasteiger partial charge in [0.15, 0.2) is 9.84 Å². The molecule has 2 rings (SSSR count). The maximum atomic E-state index is 12.2. The van der Waals surface area contributed by atoms with E-state index in [4.69, 9.17) is 5.26 Å². The molecule has 1 aromatic heterocycles. The molecule has 1 fully saturated rings. The minimum absolute atomic E-state index is 0.0406. The summed E-state index contributed by atoms with van der Waals surface area (Å²) in [5.74, 6) is -0.188. The summed E-state index contributed by atoms with van der Waals surface area (Å²) in [4.78, 5) is 26.5. The zero-order chi connectivity index (χ0) is 18.1. The van der Waals surface area contributed by atoms with Crippen LogP contribution >= 0.6 is 0 Å². The topological polar surface area (TPSA) is 120 Å². The van der Waals surface area contributed by atoms with Crippen molar-refractivity contribution < 1.29 is 13.2 Å². The molecule has 2 heterocycles. The van der Waals surface area contributed by atoms with E-state index < -0.39 is 20.9 Å². The number of H-pyrrole nitrogens is 1. The van der Waals surface area contributed by atoms with E-state index in [1.165, 1.54) is 0 Å². The number of hydrogen-bond donors (Lipinski definition) is 2. The third-order valence-electron chi connectivity index (χ3n) is 4.47. The maximum Gasteiger partial charge on any atom is 0.266 e. The minimum Gasteiger partial charge on any atom is -0.350 e. The first-order valence-electron chi connectivity index (χ1n) is 7.71. The second-order valence-corrected chi connectivity index (χ2v) is 8.80. The van der Waals surface area contributed by atoms with Crippen LogP contribution in [0.3, 0.4) is 0 Å². The predicted molar refractivity (Wildman–Crippen MR) is 89.4 cm³/mol. The number of rotatable bonds is 4. The van der Waals surface area contributed by atoms with Crippen molar-refractivity contribution in [3.8, 4) is 6.07 Å². The van der Waals surface area contributed by atoms with Crippen molar-refractivity contribution in [3.05, 3.63) is 32.7 Å². The molecule has 2 N–H and O–H groups in total. The normalized spacial score (nSPS) is 22.1. The third-order valence-corrected chi connectivity index (χ3v) is 6.37. The fourth-order valence-corrected chi connectivity index (χ4v) is 5.26. The number of carbonyl (C=O) groups excluding carboxylic acids is 1. The SMILES string of the molecule is Cc1[nH]c(=O)c(C#N)c(C)c1CCC(=O)N[C@@]1(C)CCS(=O)(=O)C1. The lowest BCUT2D eigenvalue weighted by molar-refractivity contribution is -0.122. The van der Waals surface area contributed by atoms with Crippen LogP contribution in [0, 0.1) is 25.2 Å². The Kier molecular flexibility index (Phi) is 4.85. The van der Waals surface area contributed by atoms with E-state index in [-0.39, 0.29) is 29.4 Å². The molecule has 1 aliphatic rings. The first-order chi connectivity index (χ1) is 11.1. The smallest absolute Gasteiger partial charge is 0.266 e. The molecule has 1 saturated heterocycles. The number of amides is 1. The van der Waals surface area contributed by atoms with E-state index in [2.05, 4.69) is 10.3 Å². The van der Waals surface area contributed by atoms with E-state index >= 15 is 0 Å². The summed E-state index contributed by atoms with van der Waals surface area (Å²) in [6.07, 6.45) is 0.947. The molecule has 1 aromatic rings. The zero-order valence-electron chi connectivity index (χ0n) is 14.0. The summed E-state index contributed by atoms with van der Waals surface area (Å²) in [5.41, 5.74) is 0.905. The van der Waals surface area contributed by atoms with Crippen LogP contribution in [0.1, 0.15) is 42.1 Å². The second kappa shape index (κ2) is 6.40. The van der Waals surface area contributed by atoms with Crippen LogP contribution in [0.4, 0.5) is 0 Å². The minimum atomic E-state index is -3.08. The molecule has 24 heavy (non-hydrogen) atoms. The Balaban J connectivity index is 2.08. The van der Waals surface area contributed by atoms with Gasteiger partial charge in [0, 0.05) is 12.1 Å². The lowest BCUT2D eigenvalue weighted by Crippen LogP contribution is -2.47. The largest absolute Gasteiger partial charge is 0.350 e. The van der Waals surface area contributed by atoms with Crippen molar-refractivity contribution in [2.45, 2.75) is 45.6 Å². The number of sulfone groups is 1. The van der Waals surface area contributed by atoms with Crippen LogP contribution in [-0.4, -0.2) is 36.4 Å². The molecule has 1 aliphatic heterocycles. The quantitative estimate of drug-likeness (QED) is 0.818. The molecule has 0 unspecified atom stereocenters. The van der Waals surface area contributed by atoms with Gasteiger partial charge in [-0.25, -0.2) is 8.42 Å². The van der Waals surface area contributed by atoms with E-state index in [1.807, 2.05) is 6.07 Å². The first-order valence-corrected chi connectivity index (χ1v) is 9.53. The summed E-state index contributed by atoms with van der Waals surface area (Å²) >= 11 is 0.